The number of hydrogen-bond acceptors (Lipinski definition) is 6. The third-order valence-electron chi connectivity index (χ3n) is 8.11. The molecule has 4 aliphatic rings. The van der Waals surface area contributed by atoms with Gasteiger partial charge in [-0.3, -0.25) is 29.4 Å². The molecule has 0 N–H and O–H groups in total. The third kappa shape index (κ3) is 2.30. The lowest BCUT2D eigenvalue weighted by Gasteiger charge is -2.37. The molecule has 0 aliphatic carbocycles. The van der Waals surface area contributed by atoms with Crippen LogP contribution in [0.4, 0.5) is 17.1 Å². The summed E-state index contributed by atoms with van der Waals surface area (Å²) in [6.45, 7) is 4.62. The zero-order valence-corrected chi connectivity index (χ0v) is 18.9. The summed E-state index contributed by atoms with van der Waals surface area (Å²) in [7, 11) is 0. The van der Waals surface area contributed by atoms with Crippen molar-refractivity contribution in [3.63, 3.8) is 0 Å². The second-order valence-corrected chi connectivity index (χ2v) is 9.48. The van der Waals surface area contributed by atoms with Crippen LogP contribution in [0.5, 0.6) is 0 Å². The van der Waals surface area contributed by atoms with Gasteiger partial charge in [-0.1, -0.05) is 24.3 Å². The maximum absolute atomic E-state index is 14.1. The fourth-order valence-corrected chi connectivity index (χ4v) is 6.84. The zero-order chi connectivity index (χ0) is 23.9. The molecule has 2 aromatic carbocycles. The van der Waals surface area contributed by atoms with E-state index in [1.165, 1.54) is 6.07 Å². The minimum atomic E-state index is -1.23. The summed E-state index contributed by atoms with van der Waals surface area (Å²) in [5.74, 6) is -2.51. The molecule has 0 unspecified atom stereocenters. The van der Waals surface area contributed by atoms with Crippen molar-refractivity contribution in [2.45, 2.75) is 38.3 Å². The molecule has 4 aliphatic heterocycles. The number of carbonyl (C=O) groups excluding carboxylic acids is 3. The molecule has 6 rings (SSSR count). The SMILES string of the molecule is CCN1C(=O)[C@@]2(c3ccccc31)[C@@H]1C(=O)N(c3ccc(C)c([N+](=O)[O-])c3)C(=O)[C@@H]1[C@H]1CCCN12. The zero-order valence-electron chi connectivity index (χ0n) is 18.9. The number of likely N-dealkylation sites (N-methyl/N-ethyl adjacent to an activating group) is 1. The van der Waals surface area contributed by atoms with E-state index in [9.17, 15) is 24.5 Å². The van der Waals surface area contributed by atoms with Crippen LogP contribution < -0.4 is 9.80 Å². The normalized spacial score (nSPS) is 29.8. The van der Waals surface area contributed by atoms with Crippen LogP contribution in [0.3, 0.4) is 0 Å². The first-order valence-electron chi connectivity index (χ1n) is 11.6. The first-order chi connectivity index (χ1) is 16.3. The lowest BCUT2D eigenvalue weighted by Crippen LogP contribution is -2.56. The first-order valence-corrected chi connectivity index (χ1v) is 11.6. The molecule has 9 nitrogen and oxygen atoms in total. The molecule has 0 bridgehead atoms. The van der Waals surface area contributed by atoms with E-state index >= 15 is 0 Å². The van der Waals surface area contributed by atoms with Crippen molar-refractivity contribution in [2.75, 3.05) is 22.9 Å². The van der Waals surface area contributed by atoms with E-state index in [0.29, 0.717) is 18.7 Å². The molecule has 3 amide bonds. The van der Waals surface area contributed by atoms with Crippen molar-refractivity contribution in [1.82, 2.24) is 4.90 Å². The number of nitro groups is 1. The highest BCUT2D eigenvalue weighted by Gasteiger charge is 2.75. The first kappa shape index (κ1) is 21.0. The Morgan fingerprint density at radius 3 is 2.62 bits per heavy atom. The molecule has 3 fully saturated rings. The van der Waals surface area contributed by atoms with Crippen molar-refractivity contribution < 1.29 is 19.3 Å². The Labute approximate surface area is 196 Å². The molecular formula is C25H24N4O5. The number of anilines is 2. The van der Waals surface area contributed by atoms with Gasteiger partial charge in [0.15, 0.2) is 0 Å². The summed E-state index contributed by atoms with van der Waals surface area (Å²) in [5, 5.41) is 11.5. The van der Waals surface area contributed by atoms with Crippen LogP contribution in [0, 0.1) is 28.9 Å². The fraction of sp³-hybridized carbons (Fsp3) is 0.400. The van der Waals surface area contributed by atoms with Gasteiger partial charge < -0.3 is 4.90 Å². The van der Waals surface area contributed by atoms with Gasteiger partial charge in [-0.15, -0.1) is 0 Å². The molecule has 0 radical (unpaired) electrons. The lowest BCUT2D eigenvalue weighted by molar-refractivity contribution is -0.385. The molecule has 2 aromatic rings. The smallest absolute Gasteiger partial charge is 0.274 e. The number of rotatable bonds is 3. The third-order valence-corrected chi connectivity index (χ3v) is 8.11. The summed E-state index contributed by atoms with van der Waals surface area (Å²) < 4.78 is 0. The van der Waals surface area contributed by atoms with Crippen molar-refractivity contribution in [3.05, 3.63) is 63.7 Å². The minimum Gasteiger partial charge on any atom is -0.310 e. The van der Waals surface area contributed by atoms with E-state index in [1.807, 2.05) is 31.2 Å². The predicted molar refractivity (Wildman–Crippen MR) is 123 cm³/mol. The van der Waals surface area contributed by atoms with Crippen molar-refractivity contribution in [1.29, 1.82) is 0 Å². The van der Waals surface area contributed by atoms with Gasteiger partial charge in [0.25, 0.3) is 11.6 Å². The molecule has 9 heteroatoms. The second kappa shape index (κ2) is 6.96. The summed E-state index contributed by atoms with van der Waals surface area (Å²) in [6.07, 6.45) is 1.57. The number of hydrogen-bond donors (Lipinski definition) is 0. The van der Waals surface area contributed by atoms with E-state index in [0.717, 1.165) is 29.0 Å². The Balaban J connectivity index is 1.54. The van der Waals surface area contributed by atoms with E-state index in [2.05, 4.69) is 4.90 Å². The van der Waals surface area contributed by atoms with Gasteiger partial charge >= 0.3 is 0 Å². The molecule has 174 valence electrons. The number of imide groups is 1. The van der Waals surface area contributed by atoms with Crippen molar-refractivity contribution in [2.24, 2.45) is 11.8 Å². The molecular weight excluding hydrogens is 436 g/mol. The van der Waals surface area contributed by atoms with Crippen LogP contribution >= 0.6 is 0 Å². The van der Waals surface area contributed by atoms with Crippen LogP contribution in [0.25, 0.3) is 0 Å². The lowest BCUT2D eigenvalue weighted by atomic mass is 9.75. The van der Waals surface area contributed by atoms with Gasteiger partial charge in [-0.25, -0.2) is 4.90 Å². The number of carbonyl (C=O) groups is 3. The average molecular weight is 460 g/mol. The Hall–Kier alpha value is -3.59. The molecule has 0 aromatic heterocycles. The van der Waals surface area contributed by atoms with E-state index in [1.54, 1.807) is 24.0 Å². The maximum Gasteiger partial charge on any atom is 0.274 e. The topological polar surface area (TPSA) is 104 Å². The van der Waals surface area contributed by atoms with Gasteiger partial charge in [0.2, 0.25) is 11.8 Å². The predicted octanol–water partition coefficient (Wildman–Crippen LogP) is 2.75. The van der Waals surface area contributed by atoms with Crippen LogP contribution in [0.1, 0.15) is 30.9 Å². The molecule has 4 atom stereocenters. The maximum atomic E-state index is 14.1. The van der Waals surface area contributed by atoms with Gasteiger partial charge in [-0.2, -0.15) is 0 Å². The van der Waals surface area contributed by atoms with Crippen molar-refractivity contribution in [3.8, 4) is 0 Å². The molecule has 3 saturated heterocycles. The van der Waals surface area contributed by atoms with Gasteiger partial charge in [0.05, 0.1) is 22.4 Å². The van der Waals surface area contributed by atoms with Gasteiger partial charge in [-0.05, 0) is 45.4 Å². The number of nitrogens with zero attached hydrogens (tertiary/aromatic N) is 4. The molecule has 0 saturated carbocycles. The Bertz CT molecular complexity index is 1290. The summed E-state index contributed by atoms with van der Waals surface area (Å²) >= 11 is 0. The number of para-hydroxylation sites is 1. The van der Waals surface area contributed by atoms with Crippen LogP contribution in [-0.4, -0.2) is 46.7 Å². The Kier molecular flexibility index (Phi) is 4.29. The Morgan fingerprint density at radius 2 is 1.88 bits per heavy atom. The highest BCUT2D eigenvalue weighted by Crippen LogP contribution is 2.61. The summed E-state index contributed by atoms with van der Waals surface area (Å²) in [4.78, 5) is 57.8. The van der Waals surface area contributed by atoms with E-state index < -0.39 is 28.2 Å². The standard InChI is InChI=1S/C25H24N4O5/c1-3-26-17-8-5-4-7-16(17)25(24(26)32)21-20(18-9-6-12-27(18)25)22(30)28(23(21)31)15-11-10-14(2)19(13-15)29(33)34/h4-5,7-8,10-11,13,18,20-21H,3,6,9,12H2,1-2H3/t18-,20-,21+,25-/m1/s1. The van der Waals surface area contributed by atoms with Crippen LogP contribution in [0.15, 0.2) is 42.5 Å². The molecule has 4 heterocycles. The number of fused-ring (bicyclic) bond motifs is 7. The number of benzene rings is 2. The summed E-state index contributed by atoms with van der Waals surface area (Å²) in [6, 6.07) is 11.7. The number of amides is 3. The highest BCUT2D eigenvalue weighted by atomic mass is 16.6. The van der Waals surface area contributed by atoms with Gasteiger partial charge in [0, 0.05) is 35.5 Å². The fourth-order valence-electron chi connectivity index (χ4n) is 6.84. The Morgan fingerprint density at radius 1 is 1.12 bits per heavy atom. The van der Waals surface area contributed by atoms with Crippen LogP contribution in [-0.2, 0) is 19.9 Å². The molecule has 1 spiro atoms. The second-order valence-electron chi connectivity index (χ2n) is 9.48. The quantitative estimate of drug-likeness (QED) is 0.396. The largest absolute Gasteiger partial charge is 0.310 e. The monoisotopic (exact) mass is 460 g/mol. The van der Waals surface area contributed by atoms with E-state index in [-0.39, 0.29) is 29.2 Å². The van der Waals surface area contributed by atoms with E-state index in [4.69, 9.17) is 0 Å². The average Bonchev–Trinajstić information content (AvgIpc) is 3.52. The van der Waals surface area contributed by atoms with Crippen LogP contribution in [0.2, 0.25) is 0 Å². The van der Waals surface area contributed by atoms with Gasteiger partial charge in [0.1, 0.15) is 5.54 Å². The number of nitro benzene ring substituents is 1. The highest BCUT2D eigenvalue weighted by molar-refractivity contribution is 6.26. The molecule has 34 heavy (non-hydrogen) atoms. The van der Waals surface area contributed by atoms with Crippen molar-refractivity contribution >= 4 is 34.8 Å². The minimum absolute atomic E-state index is 0.146. The number of aryl methyl sites for hydroxylation is 1. The summed E-state index contributed by atoms with van der Waals surface area (Å²) in [5.41, 5.74) is 0.825.